The van der Waals surface area contributed by atoms with Crippen molar-refractivity contribution in [1.82, 2.24) is 20.0 Å². The fourth-order valence-corrected chi connectivity index (χ4v) is 4.52. The number of carbonyl (C=O) groups is 1. The molecule has 216 valence electrons. The van der Waals surface area contributed by atoms with Crippen molar-refractivity contribution >= 4 is 11.7 Å². The van der Waals surface area contributed by atoms with Crippen molar-refractivity contribution in [1.29, 1.82) is 0 Å². The summed E-state index contributed by atoms with van der Waals surface area (Å²) in [5.74, 6) is -3.87. The molecule has 0 radical (unpaired) electrons. The summed E-state index contributed by atoms with van der Waals surface area (Å²) in [4.78, 5) is 19.2. The van der Waals surface area contributed by atoms with Crippen molar-refractivity contribution < 1.29 is 41.7 Å². The molecule has 0 bridgehead atoms. The first-order chi connectivity index (χ1) is 19.0. The molecule has 0 amide bonds. The fraction of sp³-hybridized carbons (Fsp3) is 0.462. The van der Waals surface area contributed by atoms with E-state index in [2.05, 4.69) is 15.2 Å². The molecule has 0 saturated carbocycles. The zero-order valence-corrected chi connectivity index (χ0v) is 22.1. The maximum atomic E-state index is 15.4. The Kier molecular flexibility index (Phi) is 8.88. The summed E-state index contributed by atoms with van der Waals surface area (Å²) in [5.41, 5.74) is -1.33. The summed E-state index contributed by atoms with van der Waals surface area (Å²) >= 11 is 0. The molecule has 2 aromatic heterocycles. The SMILES string of the molecule is COC(=O)c1cc(Oc2ncc(Cn3nccn3)cc2C(F)(F)F)c(F)cc1N(C(C)C)C(O)C1CCCOC1. The lowest BCUT2D eigenvalue weighted by Crippen LogP contribution is -2.48. The summed E-state index contributed by atoms with van der Waals surface area (Å²) < 4.78 is 72.9. The maximum Gasteiger partial charge on any atom is 0.421 e. The highest BCUT2D eigenvalue weighted by atomic mass is 19.4. The number of benzene rings is 1. The number of pyridine rings is 1. The zero-order valence-electron chi connectivity index (χ0n) is 22.1. The van der Waals surface area contributed by atoms with Crippen molar-refractivity contribution in [3.8, 4) is 11.6 Å². The molecule has 1 aromatic carbocycles. The predicted octanol–water partition coefficient (Wildman–Crippen LogP) is 4.42. The minimum Gasteiger partial charge on any atom is -0.465 e. The molecule has 0 spiro atoms. The van der Waals surface area contributed by atoms with E-state index in [-0.39, 0.29) is 35.9 Å². The average Bonchev–Trinajstić information content (AvgIpc) is 3.43. The van der Waals surface area contributed by atoms with Crippen LogP contribution >= 0.6 is 0 Å². The highest BCUT2D eigenvalue weighted by molar-refractivity contribution is 5.96. The van der Waals surface area contributed by atoms with Gasteiger partial charge in [0.05, 0.1) is 43.9 Å². The van der Waals surface area contributed by atoms with Crippen molar-refractivity contribution in [3.63, 3.8) is 0 Å². The Morgan fingerprint density at radius 3 is 2.58 bits per heavy atom. The first kappa shape index (κ1) is 29.2. The molecule has 2 unspecified atom stereocenters. The Bertz CT molecular complexity index is 1310. The summed E-state index contributed by atoms with van der Waals surface area (Å²) in [6.45, 7) is 4.25. The normalized spacial score (nSPS) is 16.6. The van der Waals surface area contributed by atoms with Gasteiger partial charge in [-0.25, -0.2) is 14.2 Å². The Morgan fingerprint density at radius 2 is 1.98 bits per heavy atom. The number of hydrogen-bond acceptors (Lipinski definition) is 9. The van der Waals surface area contributed by atoms with E-state index in [0.29, 0.717) is 13.0 Å². The summed E-state index contributed by atoms with van der Waals surface area (Å²) in [5, 5.41) is 18.9. The van der Waals surface area contributed by atoms with Gasteiger partial charge < -0.3 is 24.2 Å². The molecule has 1 saturated heterocycles. The summed E-state index contributed by atoms with van der Waals surface area (Å²) in [6.07, 6.45) is -0.760. The van der Waals surface area contributed by atoms with E-state index < -0.39 is 47.4 Å². The van der Waals surface area contributed by atoms with Crippen LogP contribution in [0.5, 0.6) is 11.6 Å². The molecule has 40 heavy (non-hydrogen) atoms. The Hall–Kier alpha value is -3.78. The number of nitrogens with zero attached hydrogens (tertiary/aromatic N) is 5. The molecule has 2 atom stereocenters. The number of carbonyl (C=O) groups excluding carboxylic acids is 1. The van der Waals surface area contributed by atoms with E-state index in [1.807, 2.05) is 0 Å². The highest BCUT2D eigenvalue weighted by Crippen LogP contribution is 2.40. The quantitative estimate of drug-likeness (QED) is 0.228. The van der Waals surface area contributed by atoms with Gasteiger partial charge in [-0.3, -0.25) is 0 Å². The van der Waals surface area contributed by atoms with Gasteiger partial charge >= 0.3 is 12.1 Å². The van der Waals surface area contributed by atoms with Gasteiger partial charge in [-0.15, -0.1) is 0 Å². The number of aliphatic hydroxyl groups excluding tert-OH is 1. The summed E-state index contributed by atoms with van der Waals surface area (Å²) in [6, 6.07) is 2.28. The van der Waals surface area contributed by atoms with Crippen molar-refractivity contribution in [3.05, 3.63) is 59.3 Å². The van der Waals surface area contributed by atoms with Gasteiger partial charge in [-0.1, -0.05) is 0 Å². The summed E-state index contributed by atoms with van der Waals surface area (Å²) in [7, 11) is 1.11. The molecule has 3 aromatic rings. The van der Waals surface area contributed by atoms with Gasteiger partial charge in [-0.05, 0) is 38.3 Å². The Labute approximate surface area is 227 Å². The van der Waals surface area contributed by atoms with E-state index in [1.54, 1.807) is 13.8 Å². The van der Waals surface area contributed by atoms with Gasteiger partial charge in [-0.2, -0.15) is 28.2 Å². The Morgan fingerprint density at radius 1 is 1.25 bits per heavy atom. The lowest BCUT2D eigenvalue weighted by molar-refractivity contribution is -0.139. The van der Waals surface area contributed by atoms with Crippen LogP contribution in [0.3, 0.4) is 0 Å². The number of rotatable bonds is 9. The molecule has 10 nitrogen and oxygen atoms in total. The first-order valence-corrected chi connectivity index (χ1v) is 12.5. The fourth-order valence-electron chi connectivity index (χ4n) is 4.52. The lowest BCUT2D eigenvalue weighted by Gasteiger charge is -2.40. The van der Waals surface area contributed by atoms with E-state index in [9.17, 15) is 23.1 Å². The molecule has 3 heterocycles. The number of esters is 1. The van der Waals surface area contributed by atoms with Crippen molar-refractivity contribution in [2.75, 3.05) is 25.2 Å². The third kappa shape index (κ3) is 6.50. The molecule has 1 aliphatic rings. The first-order valence-electron chi connectivity index (χ1n) is 12.5. The van der Waals surface area contributed by atoms with Crippen LogP contribution in [0.25, 0.3) is 0 Å². The predicted molar refractivity (Wildman–Crippen MR) is 133 cm³/mol. The van der Waals surface area contributed by atoms with E-state index in [4.69, 9.17) is 14.2 Å². The second kappa shape index (κ2) is 12.2. The number of ether oxygens (including phenoxy) is 3. The minimum atomic E-state index is -4.89. The van der Waals surface area contributed by atoms with Gasteiger partial charge in [0.1, 0.15) is 11.8 Å². The number of halogens is 4. The van der Waals surface area contributed by atoms with Crippen LogP contribution in [0, 0.1) is 11.7 Å². The third-order valence-corrected chi connectivity index (χ3v) is 6.40. The largest absolute Gasteiger partial charge is 0.465 e. The molecular weight excluding hydrogens is 538 g/mol. The number of hydrogen-bond donors (Lipinski definition) is 1. The smallest absolute Gasteiger partial charge is 0.421 e. The van der Waals surface area contributed by atoms with E-state index >= 15 is 4.39 Å². The van der Waals surface area contributed by atoms with Crippen molar-refractivity contribution in [2.45, 2.75) is 51.7 Å². The van der Waals surface area contributed by atoms with Crippen LogP contribution in [-0.4, -0.2) is 63.6 Å². The van der Waals surface area contributed by atoms with E-state index in [0.717, 1.165) is 37.9 Å². The monoisotopic (exact) mass is 567 g/mol. The number of aromatic nitrogens is 4. The molecule has 1 N–H and O–H groups in total. The second-order valence-electron chi connectivity index (χ2n) is 9.54. The molecular formula is C26H29F4N5O5. The lowest BCUT2D eigenvalue weighted by atomic mass is 9.97. The molecule has 14 heteroatoms. The Balaban J connectivity index is 1.73. The third-order valence-electron chi connectivity index (χ3n) is 6.40. The van der Waals surface area contributed by atoms with Crippen LogP contribution in [0.2, 0.25) is 0 Å². The van der Waals surface area contributed by atoms with Gasteiger partial charge in [0, 0.05) is 36.9 Å². The molecule has 1 aliphatic heterocycles. The number of methoxy groups -OCH3 is 1. The van der Waals surface area contributed by atoms with Crippen LogP contribution in [0.15, 0.2) is 36.8 Å². The number of aliphatic hydroxyl groups is 1. The van der Waals surface area contributed by atoms with Gasteiger partial charge in [0.15, 0.2) is 11.6 Å². The minimum absolute atomic E-state index is 0.00384. The van der Waals surface area contributed by atoms with Gasteiger partial charge in [0.2, 0.25) is 5.88 Å². The maximum absolute atomic E-state index is 15.4. The molecule has 4 rings (SSSR count). The molecule has 1 fully saturated rings. The van der Waals surface area contributed by atoms with Crippen LogP contribution in [0.4, 0.5) is 23.2 Å². The highest BCUT2D eigenvalue weighted by Gasteiger charge is 2.37. The van der Waals surface area contributed by atoms with Crippen LogP contribution in [-0.2, 0) is 22.2 Å². The van der Waals surface area contributed by atoms with E-state index in [1.165, 1.54) is 22.1 Å². The van der Waals surface area contributed by atoms with Crippen molar-refractivity contribution in [2.24, 2.45) is 5.92 Å². The molecule has 0 aliphatic carbocycles. The number of anilines is 1. The van der Waals surface area contributed by atoms with Crippen LogP contribution < -0.4 is 9.64 Å². The van der Waals surface area contributed by atoms with Crippen LogP contribution in [0.1, 0.15) is 48.2 Å². The number of alkyl halides is 3. The topological polar surface area (TPSA) is 112 Å². The second-order valence-corrected chi connectivity index (χ2v) is 9.54. The average molecular weight is 568 g/mol. The standard InChI is InChI=1S/C26H29F4N5O5/c1-15(2)35(24(36)17-5-4-8-39-14-17)21-11-20(27)22(10-18(21)25(37)38-3)40-23-19(26(28,29)30)9-16(12-31-23)13-34-32-6-7-33-34/h6-7,9-12,15,17,24,36H,4-5,8,13-14H2,1-3H3. The zero-order chi connectivity index (χ0) is 29.0. The van der Waals surface area contributed by atoms with Gasteiger partial charge in [0.25, 0.3) is 0 Å².